The Hall–Kier alpha value is -3.42. The monoisotopic (exact) mass is 372 g/mol. The van der Waals surface area contributed by atoms with Crippen LogP contribution in [0.4, 0.5) is 4.79 Å². The normalized spacial score (nSPS) is 11.7. The summed E-state index contributed by atoms with van der Waals surface area (Å²) < 4.78 is 10.7. The number of carbonyl (C=O) groups excluding carboxylic acids is 4. The second-order valence-corrected chi connectivity index (χ2v) is 6.22. The predicted octanol–water partition coefficient (Wildman–Crippen LogP) is 2.53. The zero-order valence-electron chi connectivity index (χ0n) is 15.1. The molecule has 0 radical (unpaired) electrons. The van der Waals surface area contributed by atoms with Crippen LogP contribution in [0.3, 0.4) is 0 Å². The summed E-state index contributed by atoms with van der Waals surface area (Å²) in [5, 5.41) is 1.89. The molecule has 0 unspecified atom stereocenters. The summed E-state index contributed by atoms with van der Waals surface area (Å²) in [6, 6.07) is 8.66. The lowest BCUT2D eigenvalue weighted by atomic mass is 10.1. The molecule has 3 N–H and O–H groups in total. The van der Waals surface area contributed by atoms with E-state index < -0.39 is 24.0 Å². The average Bonchev–Trinajstić information content (AvgIpc) is 3.08. The van der Waals surface area contributed by atoms with Gasteiger partial charge in [-0.2, -0.15) is 0 Å². The van der Waals surface area contributed by atoms with Crippen LogP contribution in [0.5, 0.6) is 0 Å². The minimum Gasteiger partial charge on any atom is -0.449 e. The van der Waals surface area contributed by atoms with Crippen LogP contribution in [0.15, 0.2) is 40.8 Å². The van der Waals surface area contributed by atoms with Crippen LogP contribution in [0.1, 0.15) is 41.7 Å². The molecule has 8 heteroatoms. The first-order valence-electron chi connectivity index (χ1n) is 8.21. The lowest BCUT2D eigenvalue weighted by Gasteiger charge is -2.19. The van der Waals surface area contributed by atoms with Crippen molar-refractivity contribution in [1.82, 2.24) is 5.32 Å². The van der Waals surface area contributed by atoms with Crippen LogP contribution in [0.2, 0.25) is 0 Å². The zero-order valence-corrected chi connectivity index (χ0v) is 15.1. The topological polar surface area (TPSA) is 129 Å². The molecule has 8 nitrogen and oxygen atoms in total. The number of primary amides is 1. The van der Waals surface area contributed by atoms with E-state index in [9.17, 15) is 19.2 Å². The van der Waals surface area contributed by atoms with Crippen molar-refractivity contribution in [2.24, 2.45) is 11.7 Å². The van der Waals surface area contributed by atoms with E-state index in [2.05, 4.69) is 0 Å². The second-order valence-electron chi connectivity index (χ2n) is 6.22. The SMILES string of the molecule is CC(=O)c1ccc(-c2ccc(C(=O)O[C@@H](C(=O)NC(N)=O)C(C)C)o2)cc1. The maximum absolute atomic E-state index is 12.3. The van der Waals surface area contributed by atoms with Crippen molar-refractivity contribution in [3.8, 4) is 11.3 Å². The molecule has 0 saturated carbocycles. The van der Waals surface area contributed by atoms with Crippen LogP contribution < -0.4 is 11.1 Å². The van der Waals surface area contributed by atoms with Crippen LogP contribution in [-0.4, -0.2) is 29.8 Å². The number of hydrogen-bond acceptors (Lipinski definition) is 6. The summed E-state index contributed by atoms with van der Waals surface area (Å²) in [6.45, 7) is 4.78. The van der Waals surface area contributed by atoms with E-state index in [0.717, 1.165) is 0 Å². The van der Waals surface area contributed by atoms with E-state index in [1.54, 1.807) is 44.2 Å². The largest absolute Gasteiger partial charge is 0.449 e. The van der Waals surface area contributed by atoms with Crippen LogP contribution in [0, 0.1) is 5.92 Å². The van der Waals surface area contributed by atoms with Crippen molar-refractivity contribution in [3.63, 3.8) is 0 Å². The van der Waals surface area contributed by atoms with Gasteiger partial charge in [-0.15, -0.1) is 0 Å². The minimum atomic E-state index is -1.20. The van der Waals surface area contributed by atoms with Gasteiger partial charge < -0.3 is 14.9 Å². The fourth-order valence-corrected chi connectivity index (χ4v) is 2.33. The number of carbonyl (C=O) groups is 4. The van der Waals surface area contributed by atoms with E-state index in [1.165, 1.54) is 13.0 Å². The zero-order chi connectivity index (χ0) is 20.1. The molecule has 0 fully saturated rings. The third kappa shape index (κ3) is 5.04. The van der Waals surface area contributed by atoms with Crippen molar-refractivity contribution in [3.05, 3.63) is 47.7 Å². The van der Waals surface area contributed by atoms with E-state index in [4.69, 9.17) is 14.9 Å². The maximum atomic E-state index is 12.3. The highest BCUT2D eigenvalue weighted by molar-refractivity contribution is 5.98. The number of ketones is 1. The standard InChI is InChI=1S/C19H20N2O6/c1-10(2)16(17(23)21-19(20)25)27-18(24)15-9-8-14(26-15)13-6-4-12(5-7-13)11(3)22/h4-10,16H,1-3H3,(H3,20,21,23,25)/t16-/m1/s1. The van der Waals surface area contributed by atoms with Crippen LogP contribution >= 0.6 is 0 Å². The van der Waals surface area contributed by atoms with Gasteiger partial charge in [0.15, 0.2) is 11.9 Å². The molecule has 1 atom stereocenters. The Labute approximate surface area is 155 Å². The first kappa shape index (κ1) is 19.9. The number of nitrogens with two attached hydrogens (primary N) is 1. The predicted molar refractivity (Wildman–Crippen MR) is 95.9 cm³/mol. The molecule has 0 aliphatic heterocycles. The highest BCUT2D eigenvalue weighted by Crippen LogP contribution is 2.24. The third-order valence-corrected chi connectivity index (χ3v) is 3.73. The first-order chi connectivity index (χ1) is 12.7. The third-order valence-electron chi connectivity index (χ3n) is 3.73. The molecule has 2 rings (SSSR count). The molecule has 0 spiro atoms. The van der Waals surface area contributed by atoms with Gasteiger partial charge in [0.05, 0.1) is 0 Å². The van der Waals surface area contributed by atoms with Crippen molar-refractivity contribution >= 4 is 23.7 Å². The van der Waals surface area contributed by atoms with Crippen molar-refractivity contribution in [2.75, 3.05) is 0 Å². The number of furan rings is 1. The number of ether oxygens (including phenoxy) is 1. The Morgan fingerprint density at radius 3 is 2.19 bits per heavy atom. The average molecular weight is 372 g/mol. The van der Waals surface area contributed by atoms with Gasteiger partial charge in [-0.1, -0.05) is 38.1 Å². The van der Waals surface area contributed by atoms with Gasteiger partial charge >= 0.3 is 12.0 Å². The molecule has 1 aromatic heterocycles. The van der Waals surface area contributed by atoms with E-state index in [1.807, 2.05) is 5.32 Å². The van der Waals surface area contributed by atoms with Crippen molar-refractivity contribution < 1.29 is 28.3 Å². The van der Waals surface area contributed by atoms with E-state index in [0.29, 0.717) is 16.9 Å². The Morgan fingerprint density at radius 1 is 1.04 bits per heavy atom. The van der Waals surface area contributed by atoms with Crippen LogP contribution in [-0.2, 0) is 9.53 Å². The summed E-state index contributed by atoms with van der Waals surface area (Å²) >= 11 is 0. The Bertz CT molecular complexity index is 867. The van der Waals surface area contributed by atoms with Gasteiger partial charge in [0.1, 0.15) is 5.76 Å². The molecular formula is C19H20N2O6. The number of urea groups is 1. The summed E-state index contributed by atoms with van der Waals surface area (Å²) in [5.74, 6) is -1.80. The number of nitrogens with one attached hydrogen (secondary N) is 1. The fraction of sp³-hybridized carbons (Fsp3) is 0.263. The Balaban J connectivity index is 2.14. The highest BCUT2D eigenvalue weighted by atomic mass is 16.6. The molecule has 0 saturated heterocycles. The second kappa shape index (κ2) is 8.31. The van der Waals surface area contributed by atoms with Gasteiger partial charge in [-0.25, -0.2) is 9.59 Å². The summed E-state index contributed by atoms with van der Waals surface area (Å²) in [5.41, 5.74) is 6.15. The van der Waals surface area contributed by atoms with Crippen LogP contribution in [0.25, 0.3) is 11.3 Å². The Morgan fingerprint density at radius 2 is 1.67 bits per heavy atom. The first-order valence-corrected chi connectivity index (χ1v) is 8.21. The lowest BCUT2D eigenvalue weighted by molar-refractivity contribution is -0.131. The van der Waals surface area contributed by atoms with Gasteiger partial charge in [0.25, 0.3) is 5.91 Å². The van der Waals surface area contributed by atoms with Gasteiger partial charge in [-0.05, 0) is 25.0 Å². The molecule has 1 aromatic carbocycles. The molecule has 0 bridgehead atoms. The number of Topliss-reactive ketones (excluding diaryl/α,β-unsaturated/α-hetero) is 1. The van der Waals surface area contributed by atoms with Gasteiger partial charge in [-0.3, -0.25) is 14.9 Å². The van der Waals surface area contributed by atoms with Gasteiger partial charge in [0.2, 0.25) is 5.76 Å². The number of rotatable bonds is 6. The number of amides is 3. The molecule has 1 heterocycles. The molecular weight excluding hydrogens is 352 g/mol. The number of benzene rings is 1. The fourth-order valence-electron chi connectivity index (χ4n) is 2.33. The molecule has 0 aliphatic rings. The summed E-state index contributed by atoms with van der Waals surface area (Å²) in [4.78, 5) is 46.4. The summed E-state index contributed by atoms with van der Waals surface area (Å²) in [7, 11) is 0. The minimum absolute atomic E-state index is 0.0563. The number of imide groups is 1. The molecule has 27 heavy (non-hydrogen) atoms. The maximum Gasteiger partial charge on any atom is 0.375 e. The van der Waals surface area contributed by atoms with Crippen molar-refractivity contribution in [2.45, 2.75) is 26.9 Å². The molecule has 142 valence electrons. The smallest absolute Gasteiger partial charge is 0.375 e. The highest BCUT2D eigenvalue weighted by Gasteiger charge is 2.29. The number of esters is 1. The van der Waals surface area contributed by atoms with E-state index >= 15 is 0 Å². The van der Waals surface area contributed by atoms with Gasteiger partial charge in [0, 0.05) is 11.1 Å². The molecule has 2 aromatic rings. The summed E-state index contributed by atoms with van der Waals surface area (Å²) in [6.07, 6.45) is -1.20. The lowest BCUT2D eigenvalue weighted by Crippen LogP contribution is -2.45. The Kier molecular flexibility index (Phi) is 6.12. The molecule has 0 aliphatic carbocycles. The molecule has 3 amide bonds. The number of hydrogen-bond donors (Lipinski definition) is 2. The quantitative estimate of drug-likeness (QED) is 0.592. The van der Waals surface area contributed by atoms with Crippen molar-refractivity contribution in [1.29, 1.82) is 0 Å². The van der Waals surface area contributed by atoms with E-state index in [-0.39, 0.29) is 17.5 Å².